The molecule has 118 valence electrons. The monoisotopic (exact) mass is 312 g/mol. The lowest BCUT2D eigenvalue weighted by Gasteiger charge is -2.13. The lowest BCUT2D eigenvalue weighted by Crippen LogP contribution is -2.32. The fourth-order valence-corrected chi connectivity index (χ4v) is 2.63. The van der Waals surface area contributed by atoms with Crippen LogP contribution in [0.15, 0.2) is 42.5 Å². The molecule has 0 aliphatic carbocycles. The summed E-state index contributed by atoms with van der Waals surface area (Å²) in [6.07, 6.45) is -0.157. The first-order chi connectivity index (χ1) is 11.1. The first-order valence-electron chi connectivity index (χ1n) is 7.25. The van der Waals surface area contributed by atoms with Crippen molar-refractivity contribution in [3.8, 4) is 0 Å². The third kappa shape index (κ3) is 3.01. The van der Waals surface area contributed by atoms with E-state index in [1.165, 1.54) is 7.11 Å². The molecule has 1 N–H and O–H groups in total. The Hall–Kier alpha value is -2.89. The van der Waals surface area contributed by atoms with Crippen molar-refractivity contribution >= 4 is 28.7 Å². The number of urea groups is 1. The van der Waals surface area contributed by atoms with Crippen LogP contribution in [0.2, 0.25) is 0 Å². The highest BCUT2D eigenvalue weighted by molar-refractivity contribution is 6.05. The minimum absolute atomic E-state index is 0.157. The summed E-state index contributed by atoms with van der Waals surface area (Å²) in [7, 11) is 1.25. The summed E-state index contributed by atoms with van der Waals surface area (Å²) in [6.45, 7) is 0.174. The van der Waals surface area contributed by atoms with Gasteiger partial charge in [-0.25, -0.2) is 4.79 Å². The maximum Gasteiger partial charge on any atom is 0.325 e. The molecular weight excluding hydrogens is 296 g/mol. The van der Waals surface area contributed by atoms with Crippen molar-refractivity contribution in [2.75, 3.05) is 7.11 Å². The number of hydrogen-bond acceptors (Lipinski definition) is 4. The van der Waals surface area contributed by atoms with E-state index in [1.807, 2.05) is 42.5 Å². The van der Waals surface area contributed by atoms with Gasteiger partial charge in [-0.15, -0.1) is 0 Å². The van der Waals surface area contributed by atoms with Gasteiger partial charge < -0.3 is 10.1 Å². The molecule has 1 aliphatic heterocycles. The second kappa shape index (κ2) is 6.08. The van der Waals surface area contributed by atoms with Crippen LogP contribution in [0.5, 0.6) is 0 Å². The number of nitrogens with zero attached hydrogens (tertiary/aromatic N) is 1. The van der Waals surface area contributed by atoms with Crippen molar-refractivity contribution < 1.29 is 19.1 Å². The van der Waals surface area contributed by atoms with E-state index in [9.17, 15) is 14.4 Å². The molecule has 1 heterocycles. The Kier molecular flexibility index (Phi) is 3.97. The molecule has 3 amide bonds. The summed E-state index contributed by atoms with van der Waals surface area (Å²) < 4.78 is 4.54. The van der Waals surface area contributed by atoms with Crippen molar-refractivity contribution in [2.24, 2.45) is 0 Å². The van der Waals surface area contributed by atoms with E-state index < -0.39 is 23.9 Å². The number of hydrogen-bond donors (Lipinski definition) is 1. The number of imide groups is 1. The predicted molar refractivity (Wildman–Crippen MR) is 83.5 cm³/mol. The van der Waals surface area contributed by atoms with Crippen molar-refractivity contribution in [1.82, 2.24) is 10.2 Å². The van der Waals surface area contributed by atoms with Gasteiger partial charge in [0, 0.05) is 0 Å². The minimum atomic E-state index is -0.851. The van der Waals surface area contributed by atoms with Gasteiger partial charge >= 0.3 is 12.0 Å². The molecule has 6 nitrogen and oxygen atoms in total. The van der Waals surface area contributed by atoms with Crippen LogP contribution in [-0.4, -0.2) is 36.0 Å². The number of benzene rings is 2. The van der Waals surface area contributed by atoms with Crippen LogP contribution in [-0.2, 0) is 20.9 Å². The Balaban J connectivity index is 1.77. The molecule has 2 aromatic carbocycles. The zero-order chi connectivity index (χ0) is 16.4. The van der Waals surface area contributed by atoms with E-state index in [4.69, 9.17) is 0 Å². The van der Waals surface area contributed by atoms with Gasteiger partial charge in [0.1, 0.15) is 6.04 Å². The van der Waals surface area contributed by atoms with E-state index >= 15 is 0 Å². The Morgan fingerprint density at radius 1 is 1.17 bits per heavy atom. The zero-order valence-electron chi connectivity index (χ0n) is 12.6. The summed E-state index contributed by atoms with van der Waals surface area (Å²) in [5.41, 5.74) is 0.853. The molecule has 0 bridgehead atoms. The molecule has 0 aromatic heterocycles. The Morgan fingerprint density at radius 2 is 1.91 bits per heavy atom. The number of fused-ring (bicyclic) bond motifs is 1. The second-order valence-corrected chi connectivity index (χ2v) is 5.39. The van der Waals surface area contributed by atoms with Gasteiger partial charge in [0.25, 0.3) is 5.91 Å². The summed E-state index contributed by atoms with van der Waals surface area (Å²) in [6, 6.07) is 12.3. The fourth-order valence-electron chi connectivity index (χ4n) is 2.63. The fraction of sp³-hybridized carbons (Fsp3) is 0.235. The van der Waals surface area contributed by atoms with Gasteiger partial charge in [0.05, 0.1) is 20.1 Å². The number of rotatable bonds is 4. The highest BCUT2D eigenvalue weighted by atomic mass is 16.5. The largest absolute Gasteiger partial charge is 0.469 e. The number of carbonyl (C=O) groups is 3. The lowest BCUT2D eigenvalue weighted by atomic mass is 10.1. The third-order valence-corrected chi connectivity index (χ3v) is 3.86. The Bertz CT molecular complexity index is 787. The first-order valence-corrected chi connectivity index (χ1v) is 7.25. The standard InChI is InChI=1S/C17H16N2O4/c1-23-15(20)9-14-16(21)19(17(22)18-14)10-11-6-7-12-4-2-3-5-13(12)8-11/h2-8,14H,9-10H2,1H3,(H,18,22). The highest BCUT2D eigenvalue weighted by Crippen LogP contribution is 2.19. The third-order valence-electron chi connectivity index (χ3n) is 3.86. The van der Waals surface area contributed by atoms with Gasteiger partial charge in [0.2, 0.25) is 0 Å². The topological polar surface area (TPSA) is 75.7 Å². The van der Waals surface area contributed by atoms with Crippen LogP contribution in [0, 0.1) is 0 Å². The van der Waals surface area contributed by atoms with Gasteiger partial charge in [-0.1, -0.05) is 36.4 Å². The number of amides is 3. The van der Waals surface area contributed by atoms with Crippen molar-refractivity contribution in [2.45, 2.75) is 19.0 Å². The first kappa shape index (κ1) is 15.0. The number of nitrogens with one attached hydrogen (secondary N) is 1. The smallest absolute Gasteiger partial charge is 0.325 e. The molecular formula is C17H16N2O4. The highest BCUT2D eigenvalue weighted by Gasteiger charge is 2.39. The van der Waals surface area contributed by atoms with Gasteiger partial charge in [0.15, 0.2) is 0 Å². The normalized spacial score (nSPS) is 17.4. The number of carbonyl (C=O) groups excluding carboxylic acids is 3. The van der Waals surface area contributed by atoms with Crippen LogP contribution in [0.1, 0.15) is 12.0 Å². The van der Waals surface area contributed by atoms with Crippen LogP contribution in [0.3, 0.4) is 0 Å². The predicted octanol–water partition coefficient (Wildman–Crippen LogP) is 1.82. The average Bonchev–Trinajstić information content (AvgIpc) is 2.82. The lowest BCUT2D eigenvalue weighted by molar-refractivity contribution is -0.143. The van der Waals surface area contributed by atoms with Gasteiger partial charge in [-0.2, -0.15) is 0 Å². The van der Waals surface area contributed by atoms with Crippen molar-refractivity contribution in [3.05, 3.63) is 48.0 Å². The maximum absolute atomic E-state index is 12.3. The van der Waals surface area contributed by atoms with E-state index in [1.54, 1.807) is 0 Å². The van der Waals surface area contributed by atoms with E-state index in [-0.39, 0.29) is 13.0 Å². The molecule has 0 spiro atoms. The minimum Gasteiger partial charge on any atom is -0.469 e. The molecule has 1 unspecified atom stereocenters. The SMILES string of the molecule is COC(=O)CC1NC(=O)N(Cc2ccc3ccccc3c2)C1=O. The Labute approximate surface area is 133 Å². The molecule has 1 atom stereocenters. The van der Waals surface area contributed by atoms with Crippen LogP contribution >= 0.6 is 0 Å². The molecule has 1 aliphatic rings. The van der Waals surface area contributed by atoms with Crippen molar-refractivity contribution in [1.29, 1.82) is 0 Å². The second-order valence-electron chi connectivity index (χ2n) is 5.39. The molecule has 0 saturated carbocycles. The van der Waals surface area contributed by atoms with Crippen LogP contribution in [0.25, 0.3) is 10.8 Å². The van der Waals surface area contributed by atoms with Crippen molar-refractivity contribution in [3.63, 3.8) is 0 Å². The summed E-state index contributed by atoms with van der Waals surface area (Å²) in [4.78, 5) is 36.7. The molecule has 2 aromatic rings. The maximum atomic E-state index is 12.3. The number of ether oxygens (including phenoxy) is 1. The average molecular weight is 312 g/mol. The number of esters is 1. The van der Waals surface area contributed by atoms with E-state index in [0.29, 0.717) is 0 Å². The Morgan fingerprint density at radius 3 is 2.65 bits per heavy atom. The summed E-state index contributed by atoms with van der Waals surface area (Å²) >= 11 is 0. The van der Waals surface area contributed by atoms with Crippen LogP contribution in [0.4, 0.5) is 4.79 Å². The summed E-state index contributed by atoms with van der Waals surface area (Å²) in [5, 5.41) is 4.65. The summed E-state index contributed by atoms with van der Waals surface area (Å²) in [5.74, 6) is -0.940. The molecule has 6 heteroatoms. The zero-order valence-corrected chi connectivity index (χ0v) is 12.6. The molecule has 23 heavy (non-hydrogen) atoms. The van der Waals surface area contributed by atoms with E-state index in [0.717, 1.165) is 21.2 Å². The number of methoxy groups -OCH3 is 1. The van der Waals surface area contributed by atoms with Crippen LogP contribution < -0.4 is 5.32 Å². The molecule has 0 radical (unpaired) electrons. The molecule has 3 rings (SSSR count). The molecule has 1 saturated heterocycles. The quantitative estimate of drug-likeness (QED) is 0.690. The van der Waals surface area contributed by atoms with Gasteiger partial charge in [-0.05, 0) is 22.4 Å². The molecule has 1 fully saturated rings. The van der Waals surface area contributed by atoms with Gasteiger partial charge in [-0.3, -0.25) is 14.5 Å². The van der Waals surface area contributed by atoms with E-state index in [2.05, 4.69) is 10.1 Å².